The lowest BCUT2D eigenvalue weighted by molar-refractivity contribution is -0.138. The molecule has 0 heterocycles. The van der Waals surface area contributed by atoms with Crippen LogP contribution in [0.4, 0.5) is 5.69 Å². The highest BCUT2D eigenvalue weighted by molar-refractivity contribution is 9.10. The minimum Gasteiger partial charge on any atom is -0.466 e. The molecule has 21 heavy (non-hydrogen) atoms. The van der Waals surface area contributed by atoms with E-state index in [0.717, 1.165) is 16.1 Å². The predicted molar refractivity (Wildman–Crippen MR) is 80.6 cm³/mol. The highest BCUT2D eigenvalue weighted by Crippen LogP contribution is 2.23. The molecule has 0 aromatic heterocycles. The van der Waals surface area contributed by atoms with Gasteiger partial charge < -0.3 is 19.5 Å². The zero-order valence-corrected chi connectivity index (χ0v) is 13.5. The van der Waals surface area contributed by atoms with Crippen LogP contribution < -0.4 is 5.32 Å². The van der Waals surface area contributed by atoms with Crippen LogP contribution in [0.15, 0.2) is 34.4 Å². The molecule has 0 aliphatic heterocycles. The highest BCUT2D eigenvalue weighted by atomic mass is 79.9. The zero-order valence-electron chi connectivity index (χ0n) is 11.9. The van der Waals surface area contributed by atoms with E-state index in [2.05, 4.69) is 30.7 Å². The third-order valence-corrected chi connectivity index (χ3v) is 3.00. The fraction of sp³-hybridized carbons (Fsp3) is 0.286. The minimum absolute atomic E-state index is 0.0280. The molecule has 0 aliphatic carbocycles. The first-order valence-electron chi connectivity index (χ1n) is 5.94. The second kappa shape index (κ2) is 8.43. The lowest BCUT2D eigenvalue weighted by Gasteiger charge is -2.13. The number of benzene rings is 1. The van der Waals surface area contributed by atoms with Crippen molar-refractivity contribution in [1.82, 2.24) is 0 Å². The Labute approximate surface area is 131 Å². The third-order valence-electron chi connectivity index (χ3n) is 2.51. The van der Waals surface area contributed by atoms with Crippen molar-refractivity contribution in [2.24, 2.45) is 0 Å². The Morgan fingerprint density at radius 3 is 2.52 bits per heavy atom. The summed E-state index contributed by atoms with van der Waals surface area (Å²) in [6.45, 7) is 0.349. The number of carbonyl (C=O) groups is 2. The Morgan fingerprint density at radius 1 is 1.24 bits per heavy atom. The molecular formula is C14H16BrNO5. The van der Waals surface area contributed by atoms with Gasteiger partial charge in [-0.1, -0.05) is 22.0 Å². The summed E-state index contributed by atoms with van der Waals surface area (Å²) in [5.74, 6) is -1.34. The van der Waals surface area contributed by atoms with E-state index in [4.69, 9.17) is 4.74 Å². The SMILES string of the molecule is COCc1ccc(Br)cc1N/C(=C/C(=O)OC)C(=O)OC. The summed E-state index contributed by atoms with van der Waals surface area (Å²) in [4.78, 5) is 23.0. The Bertz CT molecular complexity index is 556. The molecule has 0 bridgehead atoms. The van der Waals surface area contributed by atoms with E-state index in [1.165, 1.54) is 14.2 Å². The van der Waals surface area contributed by atoms with E-state index in [-0.39, 0.29) is 5.70 Å². The van der Waals surface area contributed by atoms with Crippen molar-refractivity contribution in [3.05, 3.63) is 40.0 Å². The maximum Gasteiger partial charge on any atom is 0.354 e. The predicted octanol–water partition coefficient (Wildman–Crippen LogP) is 2.24. The average molecular weight is 358 g/mol. The Kier molecular flexibility index (Phi) is 6.90. The standard InChI is InChI=1S/C14H16BrNO5/c1-19-8-9-4-5-10(15)6-11(9)16-12(14(18)21-3)7-13(17)20-2/h4-7,16H,8H2,1-3H3/b12-7+. The third kappa shape index (κ3) is 5.20. The van der Waals surface area contributed by atoms with Crippen LogP contribution in [0.3, 0.4) is 0 Å². The first kappa shape index (κ1) is 17.2. The highest BCUT2D eigenvalue weighted by Gasteiger charge is 2.14. The number of hydrogen-bond acceptors (Lipinski definition) is 6. The molecule has 0 saturated carbocycles. The van der Waals surface area contributed by atoms with E-state index in [1.807, 2.05) is 12.1 Å². The van der Waals surface area contributed by atoms with Gasteiger partial charge in [0.15, 0.2) is 0 Å². The van der Waals surface area contributed by atoms with Crippen LogP contribution in [0, 0.1) is 0 Å². The molecule has 0 aliphatic rings. The monoisotopic (exact) mass is 357 g/mol. The van der Waals surface area contributed by atoms with Gasteiger partial charge in [-0.3, -0.25) is 0 Å². The first-order valence-corrected chi connectivity index (χ1v) is 6.73. The van der Waals surface area contributed by atoms with Crippen LogP contribution >= 0.6 is 15.9 Å². The van der Waals surface area contributed by atoms with E-state index >= 15 is 0 Å². The number of halogens is 1. The van der Waals surface area contributed by atoms with E-state index in [9.17, 15) is 9.59 Å². The van der Waals surface area contributed by atoms with Gasteiger partial charge in [0.1, 0.15) is 5.70 Å². The van der Waals surface area contributed by atoms with Crippen molar-refractivity contribution in [2.45, 2.75) is 6.61 Å². The van der Waals surface area contributed by atoms with Gasteiger partial charge in [0.05, 0.1) is 26.9 Å². The molecule has 1 aromatic carbocycles. The molecular weight excluding hydrogens is 342 g/mol. The van der Waals surface area contributed by atoms with Crippen molar-refractivity contribution in [1.29, 1.82) is 0 Å². The second-order valence-corrected chi connectivity index (χ2v) is 4.85. The molecule has 0 atom stereocenters. The molecule has 0 amide bonds. The van der Waals surface area contributed by atoms with Gasteiger partial charge in [0, 0.05) is 22.8 Å². The Balaban J connectivity index is 3.13. The summed E-state index contributed by atoms with van der Waals surface area (Å²) in [6.07, 6.45) is 1.03. The summed E-state index contributed by atoms with van der Waals surface area (Å²) in [5, 5.41) is 2.86. The first-order chi connectivity index (χ1) is 10.0. The summed E-state index contributed by atoms with van der Waals surface area (Å²) in [5.41, 5.74) is 1.41. The zero-order chi connectivity index (χ0) is 15.8. The number of ether oxygens (including phenoxy) is 3. The van der Waals surface area contributed by atoms with Gasteiger partial charge >= 0.3 is 11.9 Å². The van der Waals surface area contributed by atoms with Crippen LogP contribution in [0.1, 0.15) is 5.56 Å². The quantitative estimate of drug-likeness (QED) is 0.621. The van der Waals surface area contributed by atoms with Gasteiger partial charge in [-0.25, -0.2) is 9.59 Å². The van der Waals surface area contributed by atoms with Crippen molar-refractivity contribution in [3.8, 4) is 0 Å². The number of methoxy groups -OCH3 is 3. The molecule has 7 heteroatoms. The topological polar surface area (TPSA) is 73.9 Å². The van der Waals surface area contributed by atoms with Crippen molar-refractivity contribution >= 4 is 33.6 Å². The molecule has 114 valence electrons. The van der Waals surface area contributed by atoms with Gasteiger partial charge in [-0.15, -0.1) is 0 Å². The number of esters is 2. The summed E-state index contributed by atoms with van der Waals surface area (Å²) in [7, 11) is 4.02. The van der Waals surface area contributed by atoms with E-state index in [0.29, 0.717) is 12.3 Å². The molecule has 0 spiro atoms. The lowest BCUT2D eigenvalue weighted by Crippen LogP contribution is -2.16. The smallest absolute Gasteiger partial charge is 0.354 e. The Morgan fingerprint density at radius 2 is 1.95 bits per heavy atom. The molecule has 0 unspecified atom stereocenters. The summed E-state index contributed by atoms with van der Waals surface area (Å²) >= 11 is 3.35. The normalized spacial score (nSPS) is 11.0. The number of anilines is 1. The molecule has 6 nitrogen and oxygen atoms in total. The van der Waals surface area contributed by atoms with Crippen LogP contribution in [0.2, 0.25) is 0 Å². The van der Waals surface area contributed by atoms with Gasteiger partial charge in [0.25, 0.3) is 0 Å². The van der Waals surface area contributed by atoms with Crippen LogP contribution in [-0.2, 0) is 30.4 Å². The largest absolute Gasteiger partial charge is 0.466 e. The number of nitrogens with one attached hydrogen (secondary N) is 1. The van der Waals surface area contributed by atoms with E-state index in [1.54, 1.807) is 13.2 Å². The molecule has 0 fully saturated rings. The van der Waals surface area contributed by atoms with Crippen molar-refractivity contribution < 1.29 is 23.8 Å². The van der Waals surface area contributed by atoms with Crippen molar-refractivity contribution in [3.63, 3.8) is 0 Å². The van der Waals surface area contributed by atoms with Crippen molar-refractivity contribution in [2.75, 3.05) is 26.6 Å². The van der Waals surface area contributed by atoms with E-state index < -0.39 is 11.9 Å². The molecule has 1 aromatic rings. The van der Waals surface area contributed by atoms with Crippen LogP contribution in [0.25, 0.3) is 0 Å². The molecule has 0 radical (unpaired) electrons. The van der Waals surface area contributed by atoms with Crippen LogP contribution in [-0.4, -0.2) is 33.3 Å². The van der Waals surface area contributed by atoms with Crippen LogP contribution in [0.5, 0.6) is 0 Å². The average Bonchev–Trinajstić information content (AvgIpc) is 2.48. The lowest BCUT2D eigenvalue weighted by atomic mass is 10.2. The number of hydrogen-bond donors (Lipinski definition) is 1. The number of rotatable bonds is 6. The van der Waals surface area contributed by atoms with Gasteiger partial charge in [0.2, 0.25) is 0 Å². The van der Waals surface area contributed by atoms with Gasteiger partial charge in [-0.2, -0.15) is 0 Å². The summed E-state index contributed by atoms with van der Waals surface area (Å²) in [6, 6.07) is 5.45. The minimum atomic E-state index is -0.677. The van der Waals surface area contributed by atoms with Gasteiger partial charge in [-0.05, 0) is 12.1 Å². The maximum atomic E-state index is 11.7. The molecule has 0 saturated heterocycles. The summed E-state index contributed by atoms with van der Waals surface area (Å²) < 4.78 is 15.1. The Hall–Kier alpha value is -1.86. The fourth-order valence-corrected chi connectivity index (χ4v) is 1.89. The second-order valence-electron chi connectivity index (χ2n) is 3.93. The maximum absolute atomic E-state index is 11.7. The number of carbonyl (C=O) groups excluding carboxylic acids is 2. The molecule has 1 rings (SSSR count). The molecule has 1 N–H and O–H groups in total. The fourth-order valence-electron chi connectivity index (χ4n) is 1.52.